The van der Waals surface area contributed by atoms with Crippen LogP contribution in [-0.4, -0.2) is 45.7 Å². The fourth-order valence-electron chi connectivity index (χ4n) is 1.96. The number of nitrogens with one attached hydrogen (secondary N) is 1. The van der Waals surface area contributed by atoms with Gasteiger partial charge in [-0.1, -0.05) is 6.92 Å². The third kappa shape index (κ3) is 2.06. The average molecular weight is 223 g/mol. The smallest absolute Gasteiger partial charge is 0.227 e. The van der Waals surface area contributed by atoms with Crippen molar-refractivity contribution < 1.29 is 4.79 Å². The number of carbonyl (C=O) groups is 1. The van der Waals surface area contributed by atoms with E-state index in [1.807, 2.05) is 23.4 Å². The van der Waals surface area contributed by atoms with E-state index >= 15 is 0 Å². The molecule has 1 N–H and O–H groups in total. The lowest BCUT2D eigenvalue weighted by atomic mass is 10.1. The molecule has 88 valence electrons. The third-order valence-electron chi connectivity index (χ3n) is 2.88. The predicted molar refractivity (Wildman–Crippen MR) is 58.5 cm³/mol. The quantitative estimate of drug-likeness (QED) is 0.748. The maximum Gasteiger partial charge on any atom is 0.227 e. The Kier molecular flexibility index (Phi) is 3.19. The molecule has 2 rings (SSSR count). The molecule has 0 saturated carbocycles. The Morgan fingerprint density at radius 2 is 2.44 bits per heavy atom. The van der Waals surface area contributed by atoms with Gasteiger partial charge in [0.25, 0.3) is 0 Å². The summed E-state index contributed by atoms with van der Waals surface area (Å²) in [5.41, 5.74) is 0. The molecule has 1 atom stereocenters. The van der Waals surface area contributed by atoms with Crippen LogP contribution in [0.2, 0.25) is 0 Å². The van der Waals surface area contributed by atoms with Crippen LogP contribution in [0.25, 0.3) is 0 Å². The van der Waals surface area contributed by atoms with Crippen LogP contribution in [0.1, 0.15) is 12.7 Å². The van der Waals surface area contributed by atoms with Crippen molar-refractivity contribution in [2.24, 2.45) is 5.92 Å². The van der Waals surface area contributed by atoms with Crippen LogP contribution in [0.15, 0.2) is 6.33 Å². The molecule has 1 aromatic rings. The number of hydrogen-bond donors (Lipinski definition) is 1. The van der Waals surface area contributed by atoms with Crippen molar-refractivity contribution in [1.29, 1.82) is 0 Å². The van der Waals surface area contributed by atoms with Gasteiger partial charge in [0.15, 0.2) is 5.82 Å². The van der Waals surface area contributed by atoms with E-state index < -0.39 is 0 Å². The summed E-state index contributed by atoms with van der Waals surface area (Å²) in [5, 5.41) is 10.9. The lowest BCUT2D eigenvalue weighted by Gasteiger charge is -2.29. The van der Waals surface area contributed by atoms with Gasteiger partial charge in [0.05, 0.1) is 6.54 Å². The molecule has 2 heterocycles. The van der Waals surface area contributed by atoms with E-state index in [2.05, 4.69) is 15.5 Å². The lowest BCUT2D eigenvalue weighted by Crippen LogP contribution is -2.42. The van der Waals surface area contributed by atoms with Gasteiger partial charge >= 0.3 is 0 Å². The van der Waals surface area contributed by atoms with E-state index in [0.717, 1.165) is 18.9 Å². The minimum Gasteiger partial charge on any atom is -0.333 e. The van der Waals surface area contributed by atoms with Crippen molar-refractivity contribution in [3.8, 4) is 0 Å². The van der Waals surface area contributed by atoms with Gasteiger partial charge in [-0.25, -0.2) is 0 Å². The fourth-order valence-corrected chi connectivity index (χ4v) is 1.96. The van der Waals surface area contributed by atoms with Gasteiger partial charge in [0.2, 0.25) is 5.91 Å². The number of nitrogens with zero attached hydrogens (tertiary/aromatic N) is 4. The highest BCUT2D eigenvalue weighted by Gasteiger charge is 2.24. The summed E-state index contributed by atoms with van der Waals surface area (Å²) in [6, 6.07) is 0. The first-order chi connectivity index (χ1) is 7.72. The summed E-state index contributed by atoms with van der Waals surface area (Å²) in [6.07, 6.45) is 1.72. The van der Waals surface area contributed by atoms with Gasteiger partial charge in [-0.05, 0) is 7.05 Å². The highest BCUT2D eigenvalue weighted by molar-refractivity contribution is 5.78. The molecule has 1 aliphatic heterocycles. The molecular weight excluding hydrogens is 206 g/mol. The second kappa shape index (κ2) is 4.61. The summed E-state index contributed by atoms with van der Waals surface area (Å²) < 4.78 is 1.99. The summed E-state index contributed by atoms with van der Waals surface area (Å²) in [7, 11) is 1.86. The molecule has 0 fully saturated rings. The van der Waals surface area contributed by atoms with E-state index in [-0.39, 0.29) is 11.8 Å². The standard InChI is InChI=1S/C10H17N5O/c1-8(5-11-2)10(16)14-3-4-15-7-12-13-9(15)6-14/h7-8,11H,3-6H2,1-2H3. The lowest BCUT2D eigenvalue weighted by molar-refractivity contribution is -0.136. The van der Waals surface area contributed by atoms with Crippen molar-refractivity contribution in [3.63, 3.8) is 0 Å². The largest absolute Gasteiger partial charge is 0.333 e. The van der Waals surface area contributed by atoms with Crippen LogP contribution in [0.3, 0.4) is 0 Å². The normalized spacial score (nSPS) is 17.0. The molecule has 6 heteroatoms. The van der Waals surface area contributed by atoms with Gasteiger partial charge in [0, 0.05) is 25.6 Å². The Morgan fingerprint density at radius 3 is 3.19 bits per heavy atom. The number of hydrogen-bond acceptors (Lipinski definition) is 4. The zero-order valence-electron chi connectivity index (χ0n) is 9.68. The molecule has 0 bridgehead atoms. The SMILES string of the molecule is CNCC(C)C(=O)N1CCn2cnnc2C1. The Morgan fingerprint density at radius 1 is 1.62 bits per heavy atom. The summed E-state index contributed by atoms with van der Waals surface area (Å²) in [5.74, 6) is 1.07. The topological polar surface area (TPSA) is 63.1 Å². The van der Waals surface area contributed by atoms with E-state index in [0.29, 0.717) is 13.1 Å². The number of fused-ring (bicyclic) bond motifs is 1. The molecule has 1 unspecified atom stereocenters. The van der Waals surface area contributed by atoms with Gasteiger partial charge in [-0.15, -0.1) is 10.2 Å². The molecule has 0 aromatic carbocycles. The zero-order chi connectivity index (χ0) is 11.5. The van der Waals surface area contributed by atoms with E-state index in [1.165, 1.54) is 0 Å². The Balaban J connectivity index is 2.00. The Hall–Kier alpha value is -1.43. The number of rotatable bonds is 3. The maximum absolute atomic E-state index is 12.0. The van der Waals surface area contributed by atoms with Crippen LogP contribution in [-0.2, 0) is 17.9 Å². The number of carbonyl (C=O) groups excluding carboxylic acids is 1. The highest BCUT2D eigenvalue weighted by Crippen LogP contribution is 2.12. The third-order valence-corrected chi connectivity index (χ3v) is 2.88. The van der Waals surface area contributed by atoms with E-state index in [9.17, 15) is 4.79 Å². The minimum absolute atomic E-state index is 0.0134. The van der Waals surface area contributed by atoms with Crippen molar-refractivity contribution >= 4 is 5.91 Å². The first kappa shape index (κ1) is 11.1. The van der Waals surface area contributed by atoms with Crippen molar-refractivity contribution in [2.45, 2.75) is 20.0 Å². The monoisotopic (exact) mass is 223 g/mol. The molecule has 6 nitrogen and oxygen atoms in total. The Labute approximate surface area is 94.6 Å². The zero-order valence-corrected chi connectivity index (χ0v) is 9.68. The van der Waals surface area contributed by atoms with Crippen molar-refractivity contribution in [3.05, 3.63) is 12.2 Å². The minimum atomic E-state index is 0.0134. The van der Waals surface area contributed by atoms with Crippen LogP contribution in [0, 0.1) is 5.92 Å². The molecule has 1 amide bonds. The number of aromatic nitrogens is 3. The van der Waals surface area contributed by atoms with Crippen LogP contribution < -0.4 is 5.32 Å². The first-order valence-corrected chi connectivity index (χ1v) is 5.52. The molecule has 0 saturated heterocycles. The Bertz CT molecular complexity index is 375. The maximum atomic E-state index is 12.0. The molecule has 0 spiro atoms. The molecular formula is C10H17N5O. The van der Waals surface area contributed by atoms with Gasteiger partial charge in [-0.3, -0.25) is 4.79 Å². The second-order valence-electron chi connectivity index (χ2n) is 4.16. The first-order valence-electron chi connectivity index (χ1n) is 5.52. The fraction of sp³-hybridized carbons (Fsp3) is 0.700. The second-order valence-corrected chi connectivity index (χ2v) is 4.16. The van der Waals surface area contributed by atoms with Crippen molar-refractivity contribution in [1.82, 2.24) is 25.0 Å². The number of amides is 1. The molecule has 1 aromatic heterocycles. The van der Waals surface area contributed by atoms with Crippen LogP contribution in [0.5, 0.6) is 0 Å². The van der Waals surface area contributed by atoms with Crippen molar-refractivity contribution in [2.75, 3.05) is 20.1 Å². The molecule has 0 aliphatic carbocycles. The van der Waals surface area contributed by atoms with Crippen LogP contribution in [0.4, 0.5) is 0 Å². The highest BCUT2D eigenvalue weighted by atomic mass is 16.2. The van der Waals surface area contributed by atoms with Gasteiger partial charge in [0.1, 0.15) is 6.33 Å². The molecule has 16 heavy (non-hydrogen) atoms. The summed E-state index contributed by atoms with van der Waals surface area (Å²) in [6.45, 7) is 4.77. The van der Waals surface area contributed by atoms with Crippen LogP contribution >= 0.6 is 0 Å². The van der Waals surface area contributed by atoms with Gasteiger partial charge < -0.3 is 14.8 Å². The summed E-state index contributed by atoms with van der Waals surface area (Å²) >= 11 is 0. The predicted octanol–water partition coefficient (Wildman–Crippen LogP) is -0.524. The van der Waals surface area contributed by atoms with E-state index in [1.54, 1.807) is 6.33 Å². The average Bonchev–Trinajstić information content (AvgIpc) is 2.75. The van der Waals surface area contributed by atoms with Gasteiger partial charge in [-0.2, -0.15) is 0 Å². The van der Waals surface area contributed by atoms with E-state index in [4.69, 9.17) is 0 Å². The molecule has 0 radical (unpaired) electrons. The molecule has 1 aliphatic rings. The summed E-state index contributed by atoms with van der Waals surface area (Å²) in [4.78, 5) is 13.9.